The molecule has 0 bridgehead atoms. The molecule has 3 rings (SSSR count). The fourth-order valence-corrected chi connectivity index (χ4v) is 2.89. The number of hydrogen-bond acceptors (Lipinski definition) is 2. The van der Waals surface area contributed by atoms with E-state index < -0.39 is 0 Å². The predicted molar refractivity (Wildman–Crippen MR) is 75.7 cm³/mol. The standard InChI is InChI=1S/C16H21FN2O/c1-11(12-4-6-13(17)7-5-12)19-10-2-3-15(16(19)20)18-14-8-9-14/h4-7,11,14-15,18H,2-3,8-10H2,1H3. The van der Waals surface area contributed by atoms with Crippen LogP contribution in [-0.2, 0) is 4.79 Å². The highest BCUT2D eigenvalue weighted by atomic mass is 19.1. The summed E-state index contributed by atoms with van der Waals surface area (Å²) in [6.45, 7) is 2.81. The molecule has 0 spiro atoms. The van der Waals surface area contributed by atoms with Crippen molar-refractivity contribution in [2.24, 2.45) is 0 Å². The van der Waals surface area contributed by atoms with Crippen LogP contribution in [0.2, 0.25) is 0 Å². The molecule has 1 aromatic rings. The average Bonchev–Trinajstić information content (AvgIpc) is 3.25. The van der Waals surface area contributed by atoms with Crippen LogP contribution in [0.4, 0.5) is 4.39 Å². The summed E-state index contributed by atoms with van der Waals surface area (Å²) < 4.78 is 13.0. The second kappa shape index (κ2) is 5.52. The predicted octanol–water partition coefficient (Wildman–Crippen LogP) is 2.63. The van der Waals surface area contributed by atoms with Crippen molar-refractivity contribution >= 4 is 5.91 Å². The molecule has 1 aromatic carbocycles. The minimum Gasteiger partial charge on any atom is -0.335 e. The van der Waals surface area contributed by atoms with Gasteiger partial charge in [0.25, 0.3) is 0 Å². The lowest BCUT2D eigenvalue weighted by molar-refractivity contribution is -0.138. The number of benzene rings is 1. The topological polar surface area (TPSA) is 32.3 Å². The molecule has 1 saturated heterocycles. The third kappa shape index (κ3) is 2.85. The highest BCUT2D eigenvalue weighted by molar-refractivity contribution is 5.83. The molecule has 20 heavy (non-hydrogen) atoms. The maximum atomic E-state index is 13.0. The van der Waals surface area contributed by atoms with Crippen molar-refractivity contribution in [2.45, 2.75) is 50.7 Å². The Kier molecular flexibility index (Phi) is 3.74. The summed E-state index contributed by atoms with van der Waals surface area (Å²) >= 11 is 0. The smallest absolute Gasteiger partial charge is 0.240 e. The number of halogens is 1. The monoisotopic (exact) mass is 276 g/mol. The Morgan fingerprint density at radius 2 is 1.95 bits per heavy atom. The van der Waals surface area contributed by atoms with Crippen LogP contribution in [0.15, 0.2) is 24.3 Å². The van der Waals surface area contributed by atoms with E-state index in [0.29, 0.717) is 6.04 Å². The SMILES string of the molecule is CC(c1ccc(F)cc1)N1CCCC(NC2CC2)C1=O. The zero-order valence-corrected chi connectivity index (χ0v) is 11.8. The second-order valence-electron chi connectivity index (χ2n) is 5.89. The summed E-state index contributed by atoms with van der Waals surface area (Å²) in [5, 5.41) is 3.44. The number of amides is 1. The summed E-state index contributed by atoms with van der Waals surface area (Å²) in [6, 6.07) is 6.98. The number of piperidine rings is 1. The molecule has 2 atom stereocenters. The summed E-state index contributed by atoms with van der Waals surface area (Å²) in [5.74, 6) is -0.0424. The maximum absolute atomic E-state index is 13.0. The van der Waals surface area contributed by atoms with E-state index in [9.17, 15) is 9.18 Å². The lowest BCUT2D eigenvalue weighted by atomic mass is 9.99. The number of nitrogens with zero attached hydrogens (tertiary/aromatic N) is 1. The molecular formula is C16H21FN2O. The lowest BCUT2D eigenvalue weighted by Gasteiger charge is -2.37. The highest BCUT2D eigenvalue weighted by Gasteiger charge is 2.35. The van der Waals surface area contributed by atoms with Gasteiger partial charge >= 0.3 is 0 Å². The van der Waals surface area contributed by atoms with Gasteiger partial charge in [0, 0.05) is 12.6 Å². The number of carbonyl (C=O) groups is 1. The molecule has 4 heteroatoms. The van der Waals surface area contributed by atoms with Crippen molar-refractivity contribution < 1.29 is 9.18 Å². The minimum atomic E-state index is -0.237. The van der Waals surface area contributed by atoms with E-state index in [1.165, 1.54) is 25.0 Å². The summed E-state index contributed by atoms with van der Waals surface area (Å²) in [4.78, 5) is 14.5. The first-order valence-corrected chi connectivity index (χ1v) is 7.47. The molecule has 1 heterocycles. The van der Waals surface area contributed by atoms with Gasteiger partial charge in [-0.25, -0.2) is 4.39 Å². The zero-order valence-electron chi connectivity index (χ0n) is 11.8. The minimum absolute atomic E-state index is 0.00639. The van der Waals surface area contributed by atoms with E-state index in [1.807, 2.05) is 11.8 Å². The zero-order chi connectivity index (χ0) is 14.1. The largest absolute Gasteiger partial charge is 0.335 e. The fraction of sp³-hybridized carbons (Fsp3) is 0.562. The van der Waals surface area contributed by atoms with E-state index in [4.69, 9.17) is 0 Å². The van der Waals surface area contributed by atoms with Gasteiger partial charge in [-0.3, -0.25) is 4.79 Å². The highest BCUT2D eigenvalue weighted by Crippen LogP contribution is 2.27. The Bertz CT molecular complexity index is 484. The van der Waals surface area contributed by atoms with Crippen LogP contribution in [0.3, 0.4) is 0 Å². The molecule has 1 aliphatic heterocycles. The Morgan fingerprint density at radius 1 is 1.25 bits per heavy atom. The van der Waals surface area contributed by atoms with Crippen molar-refractivity contribution in [3.8, 4) is 0 Å². The molecule has 0 aromatic heterocycles. The number of rotatable bonds is 4. The summed E-state index contributed by atoms with van der Waals surface area (Å²) in [6.07, 6.45) is 4.35. The van der Waals surface area contributed by atoms with Gasteiger partial charge in [-0.15, -0.1) is 0 Å². The first-order chi connectivity index (χ1) is 9.65. The molecule has 0 radical (unpaired) electrons. The fourth-order valence-electron chi connectivity index (χ4n) is 2.89. The molecule has 2 aliphatic rings. The lowest BCUT2D eigenvalue weighted by Crippen LogP contribution is -2.51. The van der Waals surface area contributed by atoms with E-state index in [2.05, 4.69) is 5.32 Å². The van der Waals surface area contributed by atoms with Crippen molar-refractivity contribution in [1.29, 1.82) is 0 Å². The first-order valence-electron chi connectivity index (χ1n) is 7.47. The van der Waals surface area contributed by atoms with Crippen LogP contribution in [0.25, 0.3) is 0 Å². The van der Waals surface area contributed by atoms with Crippen molar-refractivity contribution in [3.05, 3.63) is 35.6 Å². The van der Waals surface area contributed by atoms with Gasteiger partial charge in [-0.05, 0) is 50.3 Å². The van der Waals surface area contributed by atoms with Gasteiger partial charge in [0.1, 0.15) is 5.82 Å². The molecule has 108 valence electrons. The Balaban J connectivity index is 1.70. The van der Waals surface area contributed by atoms with E-state index >= 15 is 0 Å². The molecular weight excluding hydrogens is 255 g/mol. The Labute approximate surface area is 119 Å². The molecule has 1 amide bonds. The van der Waals surface area contributed by atoms with Crippen LogP contribution >= 0.6 is 0 Å². The quantitative estimate of drug-likeness (QED) is 0.917. The van der Waals surface area contributed by atoms with E-state index in [0.717, 1.165) is 24.9 Å². The second-order valence-corrected chi connectivity index (χ2v) is 5.89. The molecule has 2 fully saturated rings. The van der Waals surface area contributed by atoms with Crippen LogP contribution in [0.5, 0.6) is 0 Å². The third-order valence-corrected chi connectivity index (χ3v) is 4.31. The van der Waals surface area contributed by atoms with Gasteiger partial charge in [0.2, 0.25) is 5.91 Å². The van der Waals surface area contributed by atoms with Gasteiger partial charge in [0.15, 0.2) is 0 Å². The van der Waals surface area contributed by atoms with Crippen LogP contribution < -0.4 is 5.32 Å². The number of hydrogen-bond donors (Lipinski definition) is 1. The Morgan fingerprint density at radius 3 is 2.60 bits per heavy atom. The van der Waals surface area contributed by atoms with E-state index in [1.54, 1.807) is 12.1 Å². The Hall–Kier alpha value is -1.42. The van der Waals surface area contributed by atoms with Crippen LogP contribution in [0, 0.1) is 5.82 Å². The maximum Gasteiger partial charge on any atom is 0.240 e. The molecule has 1 N–H and O–H groups in total. The molecule has 2 unspecified atom stereocenters. The van der Waals surface area contributed by atoms with Gasteiger partial charge < -0.3 is 10.2 Å². The van der Waals surface area contributed by atoms with Crippen LogP contribution in [-0.4, -0.2) is 29.4 Å². The third-order valence-electron chi connectivity index (χ3n) is 4.31. The van der Waals surface area contributed by atoms with Crippen molar-refractivity contribution in [2.75, 3.05) is 6.54 Å². The molecule has 3 nitrogen and oxygen atoms in total. The van der Waals surface area contributed by atoms with Gasteiger partial charge in [0.05, 0.1) is 12.1 Å². The van der Waals surface area contributed by atoms with Crippen molar-refractivity contribution in [1.82, 2.24) is 10.2 Å². The number of nitrogens with one attached hydrogen (secondary N) is 1. The number of likely N-dealkylation sites (tertiary alicyclic amines) is 1. The summed E-state index contributed by atoms with van der Waals surface area (Å²) in [5.41, 5.74) is 0.992. The van der Waals surface area contributed by atoms with Crippen molar-refractivity contribution in [3.63, 3.8) is 0 Å². The summed E-state index contributed by atoms with van der Waals surface area (Å²) in [7, 11) is 0. The first kappa shape index (κ1) is 13.6. The number of carbonyl (C=O) groups excluding carboxylic acids is 1. The van der Waals surface area contributed by atoms with Gasteiger partial charge in [-0.1, -0.05) is 12.1 Å². The molecule has 1 aliphatic carbocycles. The normalized spacial score (nSPS) is 24.8. The van der Waals surface area contributed by atoms with Gasteiger partial charge in [-0.2, -0.15) is 0 Å². The van der Waals surface area contributed by atoms with Crippen LogP contribution in [0.1, 0.15) is 44.2 Å². The van der Waals surface area contributed by atoms with E-state index in [-0.39, 0.29) is 23.8 Å². The molecule has 1 saturated carbocycles. The average molecular weight is 276 g/mol.